The molecule has 0 radical (unpaired) electrons. The molecular formula is C14H11BrClF2NO. The Bertz CT molecular complexity index is 637. The Hall–Kier alpha value is -1.17. The first kappa shape index (κ1) is 15.2. The van der Waals surface area contributed by atoms with Gasteiger partial charge in [0, 0.05) is 4.47 Å². The standard InChI is InChI=1S/C14H11BrClF2NO/c15-9-6-11(17)13(18)12(7-9)20-14-8(4-5-19)2-1-3-10(14)16/h1-3,6-7H,4-5,19H2. The molecule has 0 spiro atoms. The molecule has 0 aliphatic carbocycles. The number of rotatable bonds is 4. The van der Waals surface area contributed by atoms with Crippen LogP contribution in [-0.4, -0.2) is 6.54 Å². The van der Waals surface area contributed by atoms with Crippen molar-refractivity contribution >= 4 is 27.5 Å². The van der Waals surface area contributed by atoms with Crippen LogP contribution in [0.2, 0.25) is 5.02 Å². The molecule has 106 valence electrons. The maximum atomic E-state index is 13.7. The molecule has 0 amide bonds. The largest absolute Gasteiger partial charge is 0.452 e. The van der Waals surface area contributed by atoms with E-state index in [1.54, 1.807) is 18.2 Å². The summed E-state index contributed by atoms with van der Waals surface area (Å²) in [7, 11) is 0. The van der Waals surface area contributed by atoms with Gasteiger partial charge < -0.3 is 10.5 Å². The van der Waals surface area contributed by atoms with Gasteiger partial charge in [-0.25, -0.2) is 4.39 Å². The van der Waals surface area contributed by atoms with Crippen molar-refractivity contribution in [3.05, 3.63) is 57.0 Å². The SMILES string of the molecule is NCCc1cccc(Cl)c1Oc1cc(Br)cc(F)c1F. The lowest BCUT2D eigenvalue weighted by atomic mass is 10.1. The van der Waals surface area contributed by atoms with Crippen molar-refractivity contribution in [2.24, 2.45) is 5.73 Å². The van der Waals surface area contributed by atoms with E-state index < -0.39 is 11.6 Å². The summed E-state index contributed by atoms with van der Waals surface area (Å²) in [6.45, 7) is 0.395. The lowest BCUT2D eigenvalue weighted by molar-refractivity contribution is 0.412. The molecule has 0 aliphatic heterocycles. The second-order valence-electron chi connectivity index (χ2n) is 4.07. The summed E-state index contributed by atoms with van der Waals surface area (Å²) in [5.41, 5.74) is 6.25. The minimum atomic E-state index is -1.06. The van der Waals surface area contributed by atoms with Crippen molar-refractivity contribution in [3.8, 4) is 11.5 Å². The van der Waals surface area contributed by atoms with Crippen LogP contribution in [0.4, 0.5) is 8.78 Å². The molecule has 0 atom stereocenters. The quantitative estimate of drug-likeness (QED) is 0.802. The Morgan fingerprint density at radius 3 is 2.70 bits per heavy atom. The summed E-state index contributed by atoms with van der Waals surface area (Å²) in [6.07, 6.45) is 0.522. The minimum Gasteiger partial charge on any atom is -0.452 e. The fourth-order valence-electron chi connectivity index (χ4n) is 1.74. The highest BCUT2D eigenvalue weighted by Gasteiger charge is 2.15. The summed E-state index contributed by atoms with van der Waals surface area (Å²) in [4.78, 5) is 0. The number of hydrogen-bond acceptors (Lipinski definition) is 2. The van der Waals surface area contributed by atoms with E-state index in [4.69, 9.17) is 22.1 Å². The molecule has 2 aromatic rings. The first-order chi connectivity index (χ1) is 9.52. The molecule has 2 rings (SSSR count). The second-order valence-corrected chi connectivity index (χ2v) is 5.39. The van der Waals surface area contributed by atoms with Gasteiger partial charge in [-0.1, -0.05) is 39.7 Å². The Morgan fingerprint density at radius 1 is 1.25 bits per heavy atom. The normalized spacial score (nSPS) is 10.7. The molecule has 0 bridgehead atoms. The lowest BCUT2D eigenvalue weighted by Gasteiger charge is -2.13. The number of ether oxygens (including phenoxy) is 1. The predicted octanol–water partition coefficient (Wildman–Crippen LogP) is 4.67. The third kappa shape index (κ3) is 3.29. The molecule has 0 saturated carbocycles. The van der Waals surface area contributed by atoms with Crippen LogP contribution in [0.1, 0.15) is 5.56 Å². The van der Waals surface area contributed by atoms with E-state index in [1.807, 2.05) is 0 Å². The Balaban J connectivity index is 2.44. The van der Waals surface area contributed by atoms with Crippen LogP contribution in [0.3, 0.4) is 0 Å². The third-order valence-corrected chi connectivity index (χ3v) is 3.39. The lowest BCUT2D eigenvalue weighted by Crippen LogP contribution is -2.04. The molecule has 6 heteroatoms. The predicted molar refractivity (Wildman–Crippen MR) is 78.3 cm³/mol. The van der Waals surface area contributed by atoms with E-state index in [9.17, 15) is 8.78 Å². The first-order valence-corrected chi connectivity index (χ1v) is 7.00. The summed E-state index contributed by atoms with van der Waals surface area (Å²) in [6, 6.07) is 7.51. The van der Waals surface area contributed by atoms with Gasteiger partial charge in [0.2, 0.25) is 5.82 Å². The third-order valence-electron chi connectivity index (χ3n) is 2.63. The summed E-state index contributed by atoms with van der Waals surface area (Å²) >= 11 is 9.14. The van der Waals surface area contributed by atoms with Crippen molar-refractivity contribution < 1.29 is 13.5 Å². The van der Waals surface area contributed by atoms with Gasteiger partial charge in [-0.05, 0) is 36.7 Å². The number of halogens is 4. The zero-order chi connectivity index (χ0) is 14.7. The van der Waals surface area contributed by atoms with Gasteiger partial charge in [0.15, 0.2) is 11.6 Å². The zero-order valence-corrected chi connectivity index (χ0v) is 12.6. The van der Waals surface area contributed by atoms with E-state index in [1.165, 1.54) is 6.07 Å². The Morgan fingerprint density at radius 2 is 2.00 bits per heavy atom. The molecule has 0 aromatic heterocycles. The monoisotopic (exact) mass is 361 g/mol. The maximum Gasteiger partial charge on any atom is 0.201 e. The van der Waals surface area contributed by atoms with Gasteiger partial charge in [-0.3, -0.25) is 0 Å². The highest BCUT2D eigenvalue weighted by atomic mass is 79.9. The number of hydrogen-bond donors (Lipinski definition) is 1. The van der Waals surface area contributed by atoms with Crippen molar-refractivity contribution in [1.82, 2.24) is 0 Å². The van der Waals surface area contributed by atoms with Crippen molar-refractivity contribution in [1.29, 1.82) is 0 Å². The molecule has 0 aliphatic rings. The molecule has 0 unspecified atom stereocenters. The highest BCUT2D eigenvalue weighted by Crippen LogP contribution is 2.36. The molecule has 2 aromatic carbocycles. The van der Waals surface area contributed by atoms with Gasteiger partial charge >= 0.3 is 0 Å². The molecule has 0 fully saturated rings. The van der Waals surface area contributed by atoms with Gasteiger partial charge in [0.25, 0.3) is 0 Å². The fraction of sp³-hybridized carbons (Fsp3) is 0.143. The van der Waals surface area contributed by atoms with Crippen molar-refractivity contribution in [2.45, 2.75) is 6.42 Å². The van der Waals surface area contributed by atoms with Crippen LogP contribution in [0.25, 0.3) is 0 Å². The Kier molecular flexibility index (Phi) is 4.96. The first-order valence-electron chi connectivity index (χ1n) is 5.82. The average Bonchev–Trinajstić information content (AvgIpc) is 2.39. The summed E-state index contributed by atoms with van der Waals surface area (Å²) in [5, 5.41) is 0.315. The van der Waals surface area contributed by atoms with E-state index in [0.29, 0.717) is 22.5 Å². The van der Waals surface area contributed by atoms with Crippen LogP contribution in [0.15, 0.2) is 34.8 Å². The maximum absolute atomic E-state index is 13.7. The van der Waals surface area contributed by atoms with E-state index in [2.05, 4.69) is 15.9 Å². The fourth-order valence-corrected chi connectivity index (χ4v) is 2.38. The van der Waals surface area contributed by atoms with E-state index in [0.717, 1.165) is 11.6 Å². The smallest absolute Gasteiger partial charge is 0.201 e. The van der Waals surface area contributed by atoms with Gasteiger partial charge in [0.1, 0.15) is 5.75 Å². The zero-order valence-electron chi connectivity index (χ0n) is 10.3. The number of nitrogens with two attached hydrogens (primary N) is 1. The topological polar surface area (TPSA) is 35.2 Å². The van der Waals surface area contributed by atoms with Crippen LogP contribution < -0.4 is 10.5 Å². The van der Waals surface area contributed by atoms with E-state index >= 15 is 0 Å². The number of benzene rings is 2. The molecule has 0 saturated heterocycles. The van der Waals surface area contributed by atoms with Crippen LogP contribution >= 0.6 is 27.5 Å². The average molecular weight is 363 g/mol. The second kappa shape index (κ2) is 6.52. The molecule has 2 N–H and O–H groups in total. The highest BCUT2D eigenvalue weighted by molar-refractivity contribution is 9.10. The van der Waals surface area contributed by atoms with Gasteiger partial charge in [0.05, 0.1) is 5.02 Å². The van der Waals surface area contributed by atoms with E-state index in [-0.39, 0.29) is 11.5 Å². The summed E-state index contributed by atoms with van der Waals surface area (Å²) < 4.78 is 32.9. The summed E-state index contributed by atoms with van der Waals surface area (Å²) in [5.74, 6) is -2.01. The van der Waals surface area contributed by atoms with Crippen LogP contribution in [-0.2, 0) is 6.42 Å². The van der Waals surface area contributed by atoms with Crippen molar-refractivity contribution in [2.75, 3.05) is 6.54 Å². The molecule has 2 nitrogen and oxygen atoms in total. The number of para-hydroxylation sites is 1. The van der Waals surface area contributed by atoms with Gasteiger partial charge in [-0.2, -0.15) is 4.39 Å². The Labute approximate surface area is 128 Å². The minimum absolute atomic E-state index is 0.233. The van der Waals surface area contributed by atoms with Gasteiger partial charge in [-0.15, -0.1) is 0 Å². The van der Waals surface area contributed by atoms with Crippen LogP contribution in [0.5, 0.6) is 11.5 Å². The molecule has 0 heterocycles. The molecular weight excluding hydrogens is 352 g/mol. The van der Waals surface area contributed by atoms with Crippen LogP contribution in [0, 0.1) is 11.6 Å². The van der Waals surface area contributed by atoms with Crippen molar-refractivity contribution in [3.63, 3.8) is 0 Å². The molecule has 20 heavy (non-hydrogen) atoms.